The predicted octanol–water partition coefficient (Wildman–Crippen LogP) is 7.51. The molecule has 0 aromatic heterocycles. The Bertz CT molecular complexity index is 667. The second kappa shape index (κ2) is 7.17. The van der Waals surface area contributed by atoms with Gasteiger partial charge in [-0.1, -0.05) is 88.5 Å². The minimum Gasteiger partial charge on any atom is -0.0986 e. The van der Waals surface area contributed by atoms with Gasteiger partial charge in [-0.15, -0.1) is 0 Å². The highest BCUT2D eigenvalue weighted by Crippen LogP contribution is 2.53. The quantitative estimate of drug-likeness (QED) is 0.427. The third-order valence-electron chi connectivity index (χ3n) is 5.70. The van der Waals surface area contributed by atoms with Crippen LogP contribution in [0.1, 0.15) is 44.2 Å². The van der Waals surface area contributed by atoms with Gasteiger partial charge in [-0.2, -0.15) is 0 Å². The van der Waals surface area contributed by atoms with E-state index in [9.17, 15) is 0 Å². The van der Waals surface area contributed by atoms with Gasteiger partial charge in [0.15, 0.2) is 0 Å². The van der Waals surface area contributed by atoms with Crippen molar-refractivity contribution < 1.29 is 0 Å². The normalized spacial score (nSPS) is 23.2. The molecular weight excluding hydrogens is 424 g/mol. The summed E-state index contributed by atoms with van der Waals surface area (Å²) in [6.45, 7) is 9.29. The molecule has 0 nitrogen and oxygen atoms in total. The Kier molecular flexibility index (Phi) is 5.36. The molecule has 1 aliphatic carbocycles. The number of hydrogen-bond donors (Lipinski definition) is 0. The summed E-state index contributed by atoms with van der Waals surface area (Å²) in [7, 11) is 0. The largest absolute Gasteiger partial charge is 0.0986 e. The fourth-order valence-electron chi connectivity index (χ4n) is 4.50. The fourth-order valence-corrected chi connectivity index (χ4v) is 5.03. The molecule has 2 aromatic rings. The van der Waals surface area contributed by atoms with Gasteiger partial charge in [-0.25, -0.2) is 0 Å². The van der Waals surface area contributed by atoms with E-state index < -0.39 is 0 Å². The van der Waals surface area contributed by atoms with Crippen LogP contribution in [0.4, 0.5) is 0 Å². The maximum absolute atomic E-state index is 4.59. The topological polar surface area (TPSA) is 0 Å². The van der Waals surface area contributed by atoms with Crippen molar-refractivity contribution in [3.05, 3.63) is 80.8 Å². The zero-order valence-corrected chi connectivity index (χ0v) is 17.5. The molecule has 1 fully saturated rings. The second-order valence-electron chi connectivity index (χ2n) is 7.04. The average Bonchev–Trinajstić information content (AvgIpc) is 2.57. The van der Waals surface area contributed by atoms with E-state index in [2.05, 4.69) is 101 Å². The van der Waals surface area contributed by atoms with Crippen molar-refractivity contribution in [2.45, 2.75) is 38.5 Å². The first-order chi connectivity index (χ1) is 11.5. The molecule has 0 bridgehead atoms. The van der Waals surface area contributed by atoms with E-state index in [1.165, 1.54) is 29.5 Å². The zero-order chi connectivity index (χ0) is 17.3. The summed E-state index contributed by atoms with van der Waals surface area (Å²) >= 11 is 7.15. The number of halogens is 2. The van der Waals surface area contributed by atoms with Crippen LogP contribution in [0.15, 0.2) is 69.6 Å². The monoisotopic (exact) mass is 446 g/mol. The number of allylic oxidation sites excluding steroid dienone is 1. The molecule has 2 atom stereocenters. The smallest absolute Gasteiger partial charge is 0.0434 e. The van der Waals surface area contributed by atoms with E-state index in [1.54, 1.807) is 0 Å². The Morgan fingerprint density at radius 1 is 0.958 bits per heavy atom. The molecule has 0 spiro atoms. The van der Waals surface area contributed by atoms with Crippen molar-refractivity contribution in [3.63, 3.8) is 0 Å². The SMILES string of the molecule is C=C1CC(CC)CC(C)C1(c1ccc(Br)cc1)c1ccc(Br)cc1. The standard InChI is InChI=1S/C22H24Br2/c1-4-17-13-15(2)22(16(3)14-17,18-5-9-20(23)10-6-18)19-7-11-21(24)12-8-19/h5-12,16-17H,2,4,13-14H2,1,3H3. The van der Waals surface area contributed by atoms with Gasteiger partial charge in [-0.05, 0) is 60.1 Å². The van der Waals surface area contributed by atoms with Gasteiger partial charge in [-0.3, -0.25) is 0 Å². The zero-order valence-electron chi connectivity index (χ0n) is 14.4. The Morgan fingerprint density at radius 3 is 1.79 bits per heavy atom. The average molecular weight is 448 g/mol. The maximum atomic E-state index is 4.59. The molecule has 0 amide bonds. The molecule has 2 unspecified atom stereocenters. The molecule has 1 aliphatic rings. The van der Waals surface area contributed by atoms with Gasteiger partial charge in [0.05, 0.1) is 0 Å². The molecule has 0 radical (unpaired) electrons. The maximum Gasteiger partial charge on any atom is 0.0434 e. The molecule has 1 saturated carbocycles. The van der Waals surface area contributed by atoms with Gasteiger partial charge in [0, 0.05) is 14.4 Å². The van der Waals surface area contributed by atoms with Crippen molar-refractivity contribution in [1.82, 2.24) is 0 Å². The van der Waals surface area contributed by atoms with Crippen molar-refractivity contribution in [1.29, 1.82) is 0 Å². The highest BCUT2D eigenvalue weighted by atomic mass is 79.9. The molecule has 0 N–H and O–H groups in total. The lowest BCUT2D eigenvalue weighted by molar-refractivity contribution is 0.244. The predicted molar refractivity (Wildman–Crippen MR) is 110 cm³/mol. The first kappa shape index (κ1) is 17.9. The van der Waals surface area contributed by atoms with Crippen LogP contribution in [0, 0.1) is 11.8 Å². The molecule has 3 rings (SSSR count). The lowest BCUT2D eigenvalue weighted by atomic mass is 9.55. The summed E-state index contributed by atoms with van der Waals surface area (Å²) in [5, 5.41) is 0. The van der Waals surface area contributed by atoms with E-state index in [0.29, 0.717) is 5.92 Å². The molecule has 24 heavy (non-hydrogen) atoms. The summed E-state index contributed by atoms with van der Waals surface area (Å²) in [5.74, 6) is 1.29. The van der Waals surface area contributed by atoms with Crippen LogP contribution in [-0.4, -0.2) is 0 Å². The van der Waals surface area contributed by atoms with E-state index in [-0.39, 0.29) is 5.41 Å². The number of rotatable bonds is 3. The van der Waals surface area contributed by atoms with Crippen LogP contribution >= 0.6 is 31.9 Å². The summed E-state index contributed by atoms with van der Waals surface area (Å²) in [5.41, 5.74) is 3.99. The fraction of sp³-hybridized carbons (Fsp3) is 0.364. The van der Waals surface area contributed by atoms with Crippen LogP contribution < -0.4 is 0 Å². The van der Waals surface area contributed by atoms with Gasteiger partial charge in [0.1, 0.15) is 0 Å². The highest BCUT2D eigenvalue weighted by molar-refractivity contribution is 9.10. The number of hydrogen-bond acceptors (Lipinski definition) is 0. The van der Waals surface area contributed by atoms with Crippen molar-refractivity contribution >= 4 is 31.9 Å². The van der Waals surface area contributed by atoms with Crippen LogP contribution in [0.5, 0.6) is 0 Å². The second-order valence-corrected chi connectivity index (χ2v) is 8.87. The van der Waals surface area contributed by atoms with Crippen LogP contribution in [0.2, 0.25) is 0 Å². The lowest BCUT2D eigenvalue weighted by Crippen LogP contribution is -2.42. The lowest BCUT2D eigenvalue weighted by Gasteiger charge is -2.48. The molecule has 0 aliphatic heterocycles. The first-order valence-corrected chi connectivity index (χ1v) is 10.3. The van der Waals surface area contributed by atoms with E-state index in [4.69, 9.17) is 0 Å². The van der Waals surface area contributed by atoms with Crippen LogP contribution in [0.3, 0.4) is 0 Å². The van der Waals surface area contributed by atoms with Crippen LogP contribution in [0.25, 0.3) is 0 Å². The van der Waals surface area contributed by atoms with E-state index in [1.807, 2.05) is 0 Å². The van der Waals surface area contributed by atoms with Gasteiger partial charge < -0.3 is 0 Å². The first-order valence-electron chi connectivity index (χ1n) is 8.68. The van der Waals surface area contributed by atoms with Gasteiger partial charge in [0.2, 0.25) is 0 Å². The van der Waals surface area contributed by atoms with E-state index >= 15 is 0 Å². The van der Waals surface area contributed by atoms with Gasteiger partial charge in [0.25, 0.3) is 0 Å². The molecule has 2 aromatic carbocycles. The molecular formula is C22H24Br2. The molecule has 0 heterocycles. The van der Waals surface area contributed by atoms with E-state index in [0.717, 1.165) is 21.3 Å². The summed E-state index contributed by atoms with van der Waals surface area (Å²) in [6.07, 6.45) is 3.61. The highest BCUT2D eigenvalue weighted by Gasteiger charge is 2.46. The third kappa shape index (κ3) is 3.04. The Hall–Kier alpha value is -0.860. The Balaban J connectivity index is 2.19. The van der Waals surface area contributed by atoms with Crippen LogP contribution in [-0.2, 0) is 5.41 Å². The summed E-state index contributed by atoms with van der Waals surface area (Å²) in [4.78, 5) is 0. The molecule has 2 heteroatoms. The van der Waals surface area contributed by atoms with Gasteiger partial charge >= 0.3 is 0 Å². The third-order valence-corrected chi connectivity index (χ3v) is 6.75. The minimum atomic E-state index is -0.0902. The van der Waals surface area contributed by atoms with Crippen molar-refractivity contribution in [3.8, 4) is 0 Å². The van der Waals surface area contributed by atoms with Crippen molar-refractivity contribution in [2.24, 2.45) is 11.8 Å². The Morgan fingerprint density at radius 2 is 1.42 bits per heavy atom. The molecule has 126 valence electrons. The Labute approximate surface area is 162 Å². The molecule has 0 saturated heterocycles. The van der Waals surface area contributed by atoms with Crippen molar-refractivity contribution in [2.75, 3.05) is 0 Å². The summed E-state index contributed by atoms with van der Waals surface area (Å²) < 4.78 is 2.25. The summed E-state index contributed by atoms with van der Waals surface area (Å²) in [6, 6.07) is 17.7. The minimum absolute atomic E-state index is 0.0902. The number of benzene rings is 2.